The Morgan fingerprint density at radius 2 is 1.33 bits per heavy atom. The number of rotatable bonds is 4. The Hall–Kier alpha value is -4.77. The van der Waals surface area contributed by atoms with Crippen LogP contribution in [0.4, 0.5) is 17.1 Å². The number of hydrogen-bond donors (Lipinski definition) is 0. The predicted octanol–water partition coefficient (Wildman–Crippen LogP) is 11.4. The van der Waals surface area contributed by atoms with E-state index in [1.807, 2.05) is 42.6 Å². The van der Waals surface area contributed by atoms with Gasteiger partial charge in [-0.05, 0) is 93.6 Å². The molecule has 0 N–H and O–H groups in total. The molecule has 1 aliphatic rings. The molecule has 0 aliphatic carbocycles. The first-order chi connectivity index (χ1) is 23.8. The lowest BCUT2D eigenvalue weighted by Crippen LogP contribution is -2.24. The smallest absolute Gasteiger partial charge is 0.137 e. The minimum Gasteiger partial charge on any atom is -0.457 e. The highest BCUT2D eigenvalue weighted by atomic mass is 16.5. The summed E-state index contributed by atoms with van der Waals surface area (Å²) < 4.78 is 33.7. The number of pyridine rings is 1. The Balaban J connectivity index is 1.37. The molecule has 0 spiro atoms. The zero-order valence-corrected chi connectivity index (χ0v) is 29.6. The van der Waals surface area contributed by atoms with E-state index in [0.717, 1.165) is 39.2 Å². The first-order valence-electron chi connectivity index (χ1n) is 18.3. The summed E-state index contributed by atoms with van der Waals surface area (Å²) in [4.78, 5) is 8.43. The molecule has 5 nitrogen and oxygen atoms in total. The van der Waals surface area contributed by atoms with E-state index in [-0.39, 0.29) is 22.9 Å². The summed E-state index contributed by atoms with van der Waals surface area (Å²) >= 11 is 0. The number of aromatic nitrogens is 2. The molecule has 0 bridgehead atoms. The van der Waals surface area contributed by atoms with Gasteiger partial charge in [0.15, 0.2) is 0 Å². The van der Waals surface area contributed by atoms with Crippen molar-refractivity contribution < 1.29 is 8.85 Å². The van der Waals surface area contributed by atoms with Gasteiger partial charge in [-0.15, -0.1) is 0 Å². The maximum Gasteiger partial charge on any atom is 0.137 e. The van der Waals surface area contributed by atoms with Gasteiger partial charge >= 0.3 is 0 Å². The molecule has 2 aromatic heterocycles. The average Bonchev–Trinajstić information content (AvgIpc) is 3.59. The molecule has 4 aromatic carbocycles. The maximum absolute atomic E-state index is 8.22. The van der Waals surface area contributed by atoms with Gasteiger partial charge in [-0.1, -0.05) is 80.5 Å². The minimum atomic E-state index is -2.27. The van der Waals surface area contributed by atoms with Crippen LogP contribution in [0.1, 0.15) is 83.1 Å². The van der Waals surface area contributed by atoms with Crippen molar-refractivity contribution in [2.75, 3.05) is 23.4 Å². The highest BCUT2D eigenvalue weighted by Gasteiger charge is 2.27. The van der Waals surface area contributed by atoms with E-state index >= 15 is 0 Å². The molecule has 0 fully saturated rings. The van der Waals surface area contributed by atoms with E-state index in [4.69, 9.17) is 13.8 Å². The van der Waals surface area contributed by atoms with Gasteiger partial charge in [-0.25, -0.2) is 4.98 Å². The molecule has 48 heavy (non-hydrogen) atoms. The third-order valence-corrected chi connectivity index (χ3v) is 9.50. The first kappa shape index (κ1) is 28.3. The Morgan fingerprint density at radius 1 is 0.625 bits per heavy atom. The van der Waals surface area contributed by atoms with Crippen molar-refractivity contribution in [3.05, 3.63) is 114 Å². The molecule has 246 valence electrons. The van der Waals surface area contributed by atoms with Gasteiger partial charge < -0.3 is 14.5 Å². The quantitative estimate of drug-likeness (QED) is 0.192. The van der Waals surface area contributed by atoms with Crippen LogP contribution in [0.15, 0.2) is 97.2 Å². The van der Waals surface area contributed by atoms with Gasteiger partial charge in [0.1, 0.15) is 17.3 Å². The molecule has 0 atom stereocenters. The highest BCUT2D eigenvalue weighted by molar-refractivity contribution is 6.09. The van der Waals surface area contributed by atoms with Crippen molar-refractivity contribution in [1.82, 2.24) is 9.55 Å². The van der Waals surface area contributed by atoms with E-state index in [2.05, 4.69) is 126 Å². The minimum absolute atomic E-state index is 0.00220. The molecule has 0 saturated heterocycles. The summed E-state index contributed by atoms with van der Waals surface area (Å²) in [5, 5.41) is 2.31. The van der Waals surface area contributed by atoms with Crippen molar-refractivity contribution in [3.8, 4) is 17.3 Å². The van der Waals surface area contributed by atoms with E-state index in [1.165, 1.54) is 21.4 Å². The molecule has 1 aliphatic heterocycles. The molecule has 0 unspecified atom stereocenters. The van der Waals surface area contributed by atoms with Crippen LogP contribution in [-0.4, -0.2) is 23.2 Å². The van der Waals surface area contributed by atoms with E-state index in [9.17, 15) is 0 Å². The third-order valence-electron chi connectivity index (χ3n) is 9.50. The Morgan fingerprint density at radius 3 is 2.04 bits per heavy atom. The lowest BCUT2D eigenvalue weighted by Gasteiger charge is -2.25. The van der Waals surface area contributed by atoms with E-state index in [1.54, 1.807) is 0 Å². The summed E-state index contributed by atoms with van der Waals surface area (Å²) in [7, 11) is 0. The topological polar surface area (TPSA) is 33.5 Å². The molecular formula is C43H48N4O. The van der Waals surface area contributed by atoms with Crippen molar-refractivity contribution in [1.29, 1.82) is 0 Å². The van der Waals surface area contributed by atoms with Gasteiger partial charge in [0.05, 0.1) is 29.1 Å². The van der Waals surface area contributed by atoms with Crippen molar-refractivity contribution in [3.63, 3.8) is 0 Å². The SMILES string of the molecule is [2H]C([2H])([2H])N1CN(c2cc(Oc3ccc4c5cc(C(C)(C)C)ccc5n(-c5cc(C(C)(C)C)ccn5)c4c3)cc(C(C)(C)C)c2)c2ccccc21. The predicted molar refractivity (Wildman–Crippen MR) is 203 cm³/mol. The zero-order valence-electron chi connectivity index (χ0n) is 32.6. The van der Waals surface area contributed by atoms with Gasteiger partial charge in [0, 0.05) is 45.9 Å². The maximum atomic E-state index is 8.22. The van der Waals surface area contributed by atoms with Crippen LogP contribution in [0, 0.1) is 0 Å². The number of benzene rings is 4. The van der Waals surface area contributed by atoms with Crippen LogP contribution in [0.5, 0.6) is 11.5 Å². The van der Waals surface area contributed by atoms with Gasteiger partial charge in [0.25, 0.3) is 0 Å². The standard InChI is InChI=1S/C43H48N4O/c1-41(2,3)28-15-18-36-35(23-28)34-17-16-32(26-39(34)47(36)40-24-29(19-20-44-40)42(4,5)6)48-33-22-30(43(7,8)9)21-31(25-33)46-27-45(10)37-13-11-12-14-38(37)46/h11-26H,27H2,1-10H3/i10D3. The van der Waals surface area contributed by atoms with Gasteiger partial charge in [-0.3, -0.25) is 4.57 Å². The molecule has 0 radical (unpaired) electrons. The van der Waals surface area contributed by atoms with Crippen molar-refractivity contribution >= 4 is 38.9 Å². The third kappa shape index (κ3) is 5.70. The normalized spacial score (nSPS) is 15.1. The summed E-state index contributed by atoms with van der Waals surface area (Å²) in [6.45, 7) is 17.9. The fraction of sp³-hybridized carbons (Fsp3) is 0.326. The van der Waals surface area contributed by atoms with Crippen LogP contribution in [0.3, 0.4) is 0 Å². The lowest BCUT2D eigenvalue weighted by atomic mass is 9.86. The van der Waals surface area contributed by atoms with Crippen molar-refractivity contribution in [2.45, 2.75) is 78.6 Å². The summed E-state index contributed by atoms with van der Waals surface area (Å²) in [5.41, 5.74) is 7.91. The fourth-order valence-corrected chi connectivity index (χ4v) is 6.59. The average molecular weight is 640 g/mol. The second-order valence-corrected chi connectivity index (χ2v) is 16.2. The summed E-state index contributed by atoms with van der Waals surface area (Å²) in [5.74, 6) is 2.26. The van der Waals surface area contributed by atoms with Crippen LogP contribution in [-0.2, 0) is 16.2 Å². The Kier molecular flexibility index (Phi) is 6.57. The first-order valence-corrected chi connectivity index (χ1v) is 16.8. The second kappa shape index (κ2) is 11.2. The van der Waals surface area contributed by atoms with Crippen LogP contribution in [0.25, 0.3) is 27.6 Å². The number of nitrogens with zero attached hydrogens (tertiary/aromatic N) is 4. The Labute approximate surface area is 290 Å². The Bertz CT molecular complexity index is 2280. The number of anilines is 3. The highest BCUT2D eigenvalue weighted by Crippen LogP contribution is 2.43. The number of fused-ring (bicyclic) bond motifs is 4. The van der Waals surface area contributed by atoms with Gasteiger partial charge in [-0.2, -0.15) is 0 Å². The van der Waals surface area contributed by atoms with Crippen LogP contribution >= 0.6 is 0 Å². The summed E-state index contributed by atoms with van der Waals surface area (Å²) in [6, 6.07) is 31.3. The second-order valence-electron chi connectivity index (χ2n) is 16.2. The largest absolute Gasteiger partial charge is 0.457 e. The summed E-state index contributed by atoms with van der Waals surface area (Å²) in [6.07, 6.45) is 1.90. The lowest BCUT2D eigenvalue weighted by molar-refractivity contribution is 0.479. The molecule has 0 saturated carbocycles. The number of para-hydroxylation sites is 2. The molecule has 6 aromatic rings. The molecule has 7 rings (SSSR count). The van der Waals surface area contributed by atoms with E-state index < -0.39 is 6.98 Å². The molecule has 5 heteroatoms. The van der Waals surface area contributed by atoms with E-state index in [0.29, 0.717) is 17.2 Å². The molecular weight excluding hydrogens is 589 g/mol. The monoisotopic (exact) mass is 639 g/mol. The van der Waals surface area contributed by atoms with Crippen molar-refractivity contribution in [2.24, 2.45) is 0 Å². The number of hydrogen-bond acceptors (Lipinski definition) is 4. The van der Waals surface area contributed by atoms with Gasteiger partial charge in [0.2, 0.25) is 0 Å². The zero-order chi connectivity index (χ0) is 36.7. The number of ether oxygens (including phenoxy) is 1. The fourth-order valence-electron chi connectivity index (χ4n) is 6.59. The van der Waals surface area contributed by atoms with Crippen LogP contribution < -0.4 is 14.5 Å². The molecule has 0 amide bonds. The molecule has 3 heterocycles. The van der Waals surface area contributed by atoms with Crippen LogP contribution in [0.2, 0.25) is 0 Å².